The third-order valence-electron chi connectivity index (χ3n) is 3.50. The van der Waals surface area contributed by atoms with Gasteiger partial charge < -0.3 is 15.0 Å². The smallest absolute Gasteiger partial charge is 0.251 e. The maximum atomic E-state index is 11.7. The van der Waals surface area contributed by atoms with Crippen LogP contribution in [0.4, 0.5) is 0 Å². The van der Waals surface area contributed by atoms with Gasteiger partial charge in [-0.25, -0.2) is 4.98 Å². The summed E-state index contributed by atoms with van der Waals surface area (Å²) in [6.45, 7) is 6.78. The molecule has 1 aliphatic rings. The summed E-state index contributed by atoms with van der Waals surface area (Å²) in [5.74, 6) is 0. The standard InChI is InChI=1S/C15H25N3O2S/c1-3-5-11-9-14(19)18-15(17-11)21-13-10-20-8-6-12(13)16-7-4-2/h9,12-13,16H,3-8,10H2,1-2H3,(H,17,18,19). The van der Waals surface area contributed by atoms with E-state index in [-0.39, 0.29) is 5.56 Å². The zero-order chi connectivity index (χ0) is 15.1. The van der Waals surface area contributed by atoms with Crippen molar-refractivity contribution in [2.24, 2.45) is 0 Å². The van der Waals surface area contributed by atoms with Crippen LogP contribution in [0.2, 0.25) is 0 Å². The third kappa shape index (κ3) is 5.13. The van der Waals surface area contributed by atoms with Crippen molar-refractivity contribution in [1.82, 2.24) is 15.3 Å². The van der Waals surface area contributed by atoms with Gasteiger partial charge in [0.15, 0.2) is 5.16 Å². The van der Waals surface area contributed by atoms with Crippen molar-refractivity contribution < 1.29 is 4.74 Å². The lowest BCUT2D eigenvalue weighted by Crippen LogP contribution is -2.45. The van der Waals surface area contributed by atoms with E-state index in [9.17, 15) is 4.79 Å². The Labute approximate surface area is 130 Å². The zero-order valence-corrected chi connectivity index (χ0v) is 13.7. The predicted octanol–water partition coefficient (Wildman–Crippen LogP) is 1.97. The highest BCUT2D eigenvalue weighted by molar-refractivity contribution is 7.99. The van der Waals surface area contributed by atoms with Gasteiger partial charge in [-0.3, -0.25) is 4.79 Å². The number of rotatable bonds is 7. The van der Waals surface area contributed by atoms with Crippen molar-refractivity contribution in [3.63, 3.8) is 0 Å². The molecule has 1 aromatic rings. The summed E-state index contributed by atoms with van der Waals surface area (Å²) in [6, 6.07) is 2.02. The van der Waals surface area contributed by atoms with Crippen molar-refractivity contribution in [2.45, 2.75) is 56.0 Å². The summed E-state index contributed by atoms with van der Waals surface area (Å²) in [6.07, 6.45) is 3.97. The van der Waals surface area contributed by atoms with Crippen molar-refractivity contribution >= 4 is 11.8 Å². The first-order valence-corrected chi connectivity index (χ1v) is 8.69. The molecule has 2 N–H and O–H groups in total. The van der Waals surface area contributed by atoms with Crippen LogP contribution in [0, 0.1) is 0 Å². The van der Waals surface area contributed by atoms with Crippen LogP contribution >= 0.6 is 11.8 Å². The molecule has 2 unspecified atom stereocenters. The molecule has 1 aliphatic heterocycles. The fourth-order valence-electron chi connectivity index (χ4n) is 2.46. The average molecular weight is 311 g/mol. The second-order valence-electron chi connectivity index (χ2n) is 5.37. The molecule has 21 heavy (non-hydrogen) atoms. The Morgan fingerprint density at radius 3 is 3.10 bits per heavy atom. The molecule has 2 heterocycles. The molecule has 6 heteroatoms. The second-order valence-corrected chi connectivity index (χ2v) is 6.60. The van der Waals surface area contributed by atoms with Gasteiger partial charge in [-0.15, -0.1) is 0 Å². The lowest BCUT2D eigenvalue weighted by Gasteiger charge is -2.31. The molecule has 0 aliphatic carbocycles. The van der Waals surface area contributed by atoms with Crippen molar-refractivity contribution in [3.8, 4) is 0 Å². The minimum absolute atomic E-state index is 0.0641. The SMILES string of the molecule is CCCNC1CCOCC1Sc1nc(CCC)cc(=O)[nH]1. The third-order valence-corrected chi connectivity index (χ3v) is 4.69. The number of aromatic nitrogens is 2. The number of nitrogens with zero attached hydrogens (tertiary/aromatic N) is 1. The van der Waals surface area contributed by atoms with Crippen molar-refractivity contribution in [2.75, 3.05) is 19.8 Å². The summed E-state index contributed by atoms with van der Waals surface area (Å²) in [5, 5.41) is 4.58. The topological polar surface area (TPSA) is 67.0 Å². The Morgan fingerprint density at radius 1 is 1.48 bits per heavy atom. The van der Waals surface area contributed by atoms with E-state index in [1.54, 1.807) is 17.8 Å². The van der Waals surface area contributed by atoms with Gasteiger partial charge in [0, 0.05) is 24.4 Å². The summed E-state index contributed by atoms with van der Waals surface area (Å²) < 4.78 is 5.59. The molecule has 2 rings (SSSR count). The largest absolute Gasteiger partial charge is 0.380 e. The van der Waals surface area contributed by atoms with Crippen LogP contribution in [0.5, 0.6) is 0 Å². The van der Waals surface area contributed by atoms with Gasteiger partial charge in [0.25, 0.3) is 5.56 Å². The van der Waals surface area contributed by atoms with Gasteiger partial charge in [0.2, 0.25) is 0 Å². The number of H-pyrrole nitrogens is 1. The van der Waals surface area contributed by atoms with Crippen molar-refractivity contribution in [3.05, 3.63) is 22.1 Å². The summed E-state index contributed by atoms with van der Waals surface area (Å²) in [7, 11) is 0. The van der Waals surface area contributed by atoms with Crippen LogP contribution < -0.4 is 10.9 Å². The highest BCUT2D eigenvalue weighted by Gasteiger charge is 2.27. The lowest BCUT2D eigenvalue weighted by molar-refractivity contribution is 0.0832. The Balaban J connectivity index is 2.05. The molecule has 0 spiro atoms. The molecule has 0 radical (unpaired) electrons. The van der Waals surface area contributed by atoms with Gasteiger partial charge in [0.05, 0.1) is 11.9 Å². The Kier molecular flexibility index (Phi) is 6.73. The van der Waals surface area contributed by atoms with E-state index in [0.717, 1.165) is 44.5 Å². The number of nitrogens with one attached hydrogen (secondary N) is 2. The van der Waals surface area contributed by atoms with Crippen LogP contribution in [0.25, 0.3) is 0 Å². The van der Waals surface area contributed by atoms with E-state index in [1.165, 1.54) is 0 Å². The van der Waals surface area contributed by atoms with Gasteiger partial charge >= 0.3 is 0 Å². The minimum atomic E-state index is -0.0641. The van der Waals surface area contributed by atoms with E-state index in [4.69, 9.17) is 4.74 Å². The van der Waals surface area contributed by atoms with E-state index in [2.05, 4.69) is 29.1 Å². The number of aromatic amines is 1. The molecular formula is C15H25N3O2S. The molecule has 0 amide bonds. The maximum Gasteiger partial charge on any atom is 0.251 e. The molecule has 2 atom stereocenters. The molecule has 0 bridgehead atoms. The first-order chi connectivity index (χ1) is 10.2. The number of thioether (sulfide) groups is 1. The summed E-state index contributed by atoms with van der Waals surface area (Å²) in [4.78, 5) is 19.1. The van der Waals surface area contributed by atoms with Crippen LogP contribution in [-0.4, -0.2) is 41.0 Å². The number of aryl methyl sites for hydroxylation is 1. The normalized spacial score (nSPS) is 22.4. The fraction of sp³-hybridized carbons (Fsp3) is 0.733. The molecular weight excluding hydrogens is 286 g/mol. The van der Waals surface area contributed by atoms with E-state index in [1.807, 2.05) is 0 Å². The summed E-state index contributed by atoms with van der Waals surface area (Å²) >= 11 is 1.62. The van der Waals surface area contributed by atoms with Gasteiger partial charge in [0.1, 0.15) is 0 Å². The fourth-order valence-corrected chi connectivity index (χ4v) is 3.64. The van der Waals surface area contributed by atoms with E-state index >= 15 is 0 Å². The van der Waals surface area contributed by atoms with E-state index in [0.29, 0.717) is 23.1 Å². The molecule has 1 fully saturated rings. The predicted molar refractivity (Wildman–Crippen MR) is 86.0 cm³/mol. The molecule has 1 aromatic heterocycles. The Hall–Kier alpha value is -0.850. The van der Waals surface area contributed by atoms with Crippen LogP contribution in [0.1, 0.15) is 38.8 Å². The van der Waals surface area contributed by atoms with Crippen LogP contribution in [-0.2, 0) is 11.2 Å². The molecule has 0 aromatic carbocycles. The molecule has 5 nitrogen and oxygen atoms in total. The maximum absolute atomic E-state index is 11.7. The zero-order valence-electron chi connectivity index (χ0n) is 12.9. The quantitative estimate of drug-likeness (QED) is 0.754. The number of ether oxygens (including phenoxy) is 1. The van der Waals surface area contributed by atoms with Gasteiger partial charge in [-0.2, -0.15) is 0 Å². The highest BCUT2D eigenvalue weighted by atomic mass is 32.2. The highest BCUT2D eigenvalue weighted by Crippen LogP contribution is 2.26. The average Bonchev–Trinajstić information content (AvgIpc) is 2.46. The van der Waals surface area contributed by atoms with Gasteiger partial charge in [-0.05, 0) is 25.8 Å². The second kappa shape index (κ2) is 8.56. The molecule has 0 saturated carbocycles. The molecule has 118 valence electrons. The summed E-state index contributed by atoms with van der Waals surface area (Å²) in [5.41, 5.74) is 0.810. The number of hydrogen-bond donors (Lipinski definition) is 2. The first kappa shape index (κ1) is 16.5. The van der Waals surface area contributed by atoms with Crippen LogP contribution in [0.3, 0.4) is 0 Å². The number of hydrogen-bond acceptors (Lipinski definition) is 5. The van der Waals surface area contributed by atoms with Crippen LogP contribution in [0.15, 0.2) is 16.0 Å². The van der Waals surface area contributed by atoms with Crippen molar-refractivity contribution in [1.29, 1.82) is 0 Å². The van der Waals surface area contributed by atoms with E-state index < -0.39 is 0 Å². The molecule has 1 saturated heterocycles. The Bertz CT molecular complexity index is 492. The van der Waals surface area contributed by atoms with Gasteiger partial charge in [-0.1, -0.05) is 32.0 Å². The minimum Gasteiger partial charge on any atom is -0.380 e. The lowest BCUT2D eigenvalue weighted by atomic mass is 10.1. The first-order valence-electron chi connectivity index (χ1n) is 7.81. The monoisotopic (exact) mass is 311 g/mol. The Morgan fingerprint density at radius 2 is 2.33 bits per heavy atom.